The van der Waals surface area contributed by atoms with Crippen LogP contribution in [0.3, 0.4) is 0 Å². The van der Waals surface area contributed by atoms with Crippen LogP contribution in [0.5, 0.6) is 0 Å². The number of aliphatic hydroxyl groups is 1. The molecule has 0 aliphatic carbocycles. The molecule has 2 nitrogen and oxygen atoms in total. The topological polar surface area (TPSA) is 23.5 Å². The second-order valence-corrected chi connectivity index (χ2v) is 5.13. The Morgan fingerprint density at radius 2 is 1.50 bits per heavy atom. The Balaban J connectivity index is 2.05. The molecule has 3 heteroatoms. The van der Waals surface area contributed by atoms with Gasteiger partial charge in [0.05, 0.1) is 6.10 Å². The molecule has 0 spiro atoms. The Kier molecular flexibility index (Phi) is 5.27. The van der Waals surface area contributed by atoms with Crippen molar-refractivity contribution in [1.82, 2.24) is 4.90 Å². The van der Waals surface area contributed by atoms with E-state index in [9.17, 15) is 9.50 Å². The minimum absolute atomic E-state index is 0.223. The Morgan fingerprint density at radius 1 is 0.950 bits per heavy atom. The molecule has 0 saturated heterocycles. The van der Waals surface area contributed by atoms with Crippen molar-refractivity contribution >= 4 is 0 Å². The van der Waals surface area contributed by atoms with Gasteiger partial charge >= 0.3 is 0 Å². The Bertz CT molecular complexity index is 510. The molecule has 2 rings (SSSR count). The maximum absolute atomic E-state index is 12.9. The van der Waals surface area contributed by atoms with E-state index in [0.717, 1.165) is 12.1 Å². The molecule has 2 aromatic rings. The van der Waals surface area contributed by atoms with Gasteiger partial charge in [0.2, 0.25) is 0 Å². The zero-order chi connectivity index (χ0) is 14.4. The van der Waals surface area contributed by atoms with Crippen LogP contribution >= 0.6 is 0 Å². The molecule has 1 atom stereocenters. The highest BCUT2D eigenvalue weighted by Gasteiger charge is 2.10. The summed E-state index contributed by atoms with van der Waals surface area (Å²) in [6.45, 7) is 3.83. The van der Waals surface area contributed by atoms with Crippen LogP contribution in [0.1, 0.15) is 18.1 Å². The first kappa shape index (κ1) is 14.7. The van der Waals surface area contributed by atoms with Gasteiger partial charge in [-0.3, -0.25) is 4.90 Å². The van der Waals surface area contributed by atoms with Gasteiger partial charge in [-0.15, -0.1) is 0 Å². The molecule has 0 saturated carbocycles. The Morgan fingerprint density at radius 3 is 2.05 bits per heavy atom. The van der Waals surface area contributed by atoms with Gasteiger partial charge in [-0.05, 0) is 30.2 Å². The first-order valence-electron chi connectivity index (χ1n) is 6.82. The first-order chi connectivity index (χ1) is 9.63. The summed E-state index contributed by atoms with van der Waals surface area (Å²) in [4.78, 5) is 2.16. The molecule has 0 radical (unpaired) electrons. The van der Waals surface area contributed by atoms with Crippen molar-refractivity contribution in [3.63, 3.8) is 0 Å². The van der Waals surface area contributed by atoms with E-state index in [2.05, 4.69) is 17.0 Å². The van der Waals surface area contributed by atoms with Crippen molar-refractivity contribution in [3.8, 4) is 0 Å². The molecule has 106 valence electrons. The predicted octanol–water partition coefficient (Wildman–Crippen LogP) is 3.21. The SMILES string of the molecule is C[C@@H](O)CN(Cc1ccccc1)Cc1ccc(F)cc1. The van der Waals surface area contributed by atoms with Crippen LogP contribution in [0.15, 0.2) is 54.6 Å². The second-order valence-electron chi connectivity index (χ2n) is 5.13. The molecular weight excluding hydrogens is 253 g/mol. The predicted molar refractivity (Wildman–Crippen MR) is 78.6 cm³/mol. The molecule has 0 amide bonds. The van der Waals surface area contributed by atoms with Gasteiger partial charge in [0.25, 0.3) is 0 Å². The second kappa shape index (κ2) is 7.17. The van der Waals surface area contributed by atoms with E-state index in [-0.39, 0.29) is 11.9 Å². The smallest absolute Gasteiger partial charge is 0.123 e. The number of aliphatic hydroxyl groups excluding tert-OH is 1. The zero-order valence-electron chi connectivity index (χ0n) is 11.7. The lowest BCUT2D eigenvalue weighted by atomic mass is 10.1. The minimum Gasteiger partial charge on any atom is -0.392 e. The fraction of sp³-hybridized carbons (Fsp3) is 0.294. The summed E-state index contributed by atoms with van der Waals surface area (Å²) in [7, 11) is 0. The van der Waals surface area contributed by atoms with Crippen LogP contribution in [0.2, 0.25) is 0 Å². The number of benzene rings is 2. The average molecular weight is 273 g/mol. The van der Waals surface area contributed by atoms with Crippen LogP contribution in [-0.4, -0.2) is 22.7 Å². The van der Waals surface area contributed by atoms with Crippen molar-refractivity contribution in [1.29, 1.82) is 0 Å². The van der Waals surface area contributed by atoms with Crippen LogP contribution in [0, 0.1) is 5.82 Å². The number of halogens is 1. The van der Waals surface area contributed by atoms with Crippen LogP contribution in [0.25, 0.3) is 0 Å². The number of hydrogen-bond donors (Lipinski definition) is 1. The van der Waals surface area contributed by atoms with E-state index >= 15 is 0 Å². The minimum atomic E-state index is -0.390. The third kappa shape index (κ3) is 4.76. The largest absolute Gasteiger partial charge is 0.392 e. The van der Waals surface area contributed by atoms with E-state index in [0.29, 0.717) is 13.1 Å². The Hall–Kier alpha value is -1.71. The summed E-state index contributed by atoms with van der Waals surface area (Å²) in [5.41, 5.74) is 2.25. The molecule has 0 aliphatic heterocycles. The van der Waals surface area contributed by atoms with Gasteiger partial charge in [0.1, 0.15) is 5.82 Å². The zero-order valence-corrected chi connectivity index (χ0v) is 11.7. The van der Waals surface area contributed by atoms with Crippen LogP contribution in [-0.2, 0) is 13.1 Å². The lowest BCUT2D eigenvalue weighted by molar-refractivity contribution is 0.118. The normalized spacial score (nSPS) is 12.6. The lowest BCUT2D eigenvalue weighted by Gasteiger charge is -2.24. The maximum Gasteiger partial charge on any atom is 0.123 e. The first-order valence-corrected chi connectivity index (χ1v) is 6.82. The van der Waals surface area contributed by atoms with Gasteiger partial charge in [0, 0.05) is 19.6 Å². The third-order valence-electron chi connectivity index (χ3n) is 3.09. The fourth-order valence-corrected chi connectivity index (χ4v) is 2.25. The van der Waals surface area contributed by atoms with E-state index in [1.54, 1.807) is 19.1 Å². The molecule has 2 aromatic carbocycles. The molecule has 0 bridgehead atoms. The van der Waals surface area contributed by atoms with E-state index in [1.807, 2.05) is 18.2 Å². The Labute approximate surface area is 119 Å². The van der Waals surface area contributed by atoms with Gasteiger partial charge in [0.15, 0.2) is 0 Å². The quantitative estimate of drug-likeness (QED) is 0.873. The summed E-state index contributed by atoms with van der Waals surface area (Å²) < 4.78 is 12.9. The van der Waals surface area contributed by atoms with Crippen LogP contribution in [0.4, 0.5) is 4.39 Å². The standard InChI is InChI=1S/C17H20FNO/c1-14(20)11-19(12-15-5-3-2-4-6-15)13-16-7-9-17(18)10-8-16/h2-10,14,20H,11-13H2,1H3/t14-/m1/s1. The van der Waals surface area contributed by atoms with Gasteiger partial charge in [-0.25, -0.2) is 4.39 Å². The number of hydrogen-bond acceptors (Lipinski definition) is 2. The average Bonchev–Trinajstić information content (AvgIpc) is 2.42. The van der Waals surface area contributed by atoms with Crippen molar-refractivity contribution in [2.24, 2.45) is 0 Å². The van der Waals surface area contributed by atoms with E-state index in [4.69, 9.17) is 0 Å². The van der Waals surface area contributed by atoms with E-state index in [1.165, 1.54) is 17.7 Å². The summed E-state index contributed by atoms with van der Waals surface area (Å²) >= 11 is 0. The summed E-state index contributed by atoms with van der Waals surface area (Å²) in [5, 5.41) is 9.62. The van der Waals surface area contributed by atoms with Crippen molar-refractivity contribution in [3.05, 3.63) is 71.5 Å². The van der Waals surface area contributed by atoms with Gasteiger partial charge < -0.3 is 5.11 Å². The molecule has 0 aromatic heterocycles. The maximum atomic E-state index is 12.9. The molecule has 0 aliphatic rings. The molecule has 1 N–H and O–H groups in total. The van der Waals surface area contributed by atoms with Crippen molar-refractivity contribution in [2.45, 2.75) is 26.1 Å². The van der Waals surface area contributed by atoms with Gasteiger partial charge in [-0.1, -0.05) is 42.5 Å². The lowest BCUT2D eigenvalue weighted by Crippen LogP contribution is -2.30. The molecular formula is C17H20FNO. The van der Waals surface area contributed by atoms with Crippen molar-refractivity contribution in [2.75, 3.05) is 6.54 Å². The molecule has 0 fully saturated rings. The fourth-order valence-electron chi connectivity index (χ4n) is 2.25. The summed E-state index contributed by atoms with van der Waals surface area (Å²) in [5.74, 6) is -0.223. The van der Waals surface area contributed by atoms with E-state index < -0.39 is 0 Å². The highest BCUT2D eigenvalue weighted by molar-refractivity contribution is 5.17. The van der Waals surface area contributed by atoms with Crippen molar-refractivity contribution < 1.29 is 9.50 Å². The highest BCUT2D eigenvalue weighted by atomic mass is 19.1. The van der Waals surface area contributed by atoms with Crippen LogP contribution < -0.4 is 0 Å². The summed E-state index contributed by atoms with van der Waals surface area (Å²) in [6, 6.07) is 16.7. The number of rotatable bonds is 6. The highest BCUT2D eigenvalue weighted by Crippen LogP contribution is 2.11. The van der Waals surface area contributed by atoms with Gasteiger partial charge in [-0.2, -0.15) is 0 Å². The third-order valence-corrected chi connectivity index (χ3v) is 3.09. The molecule has 0 heterocycles. The molecule has 20 heavy (non-hydrogen) atoms. The monoisotopic (exact) mass is 273 g/mol. The summed E-state index contributed by atoms with van der Waals surface area (Å²) in [6.07, 6.45) is -0.390. The number of nitrogens with zero attached hydrogens (tertiary/aromatic N) is 1. The molecule has 0 unspecified atom stereocenters.